The molecule has 0 aromatic heterocycles. The number of hydrogen-bond donors (Lipinski definition) is 0. The Bertz CT molecular complexity index is 539. The third-order valence-corrected chi connectivity index (χ3v) is 6.98. The second kappa shape index (κ2) is 24.8. The first kappa shape index (κ1) is 30.7. The number of esters is 1. The number of hydrogen-bond acceptors (Lipinski definition) is 2. The Morgan fingerprint density at radius 1 is 0.559 bits per heavy atom. The van der Waals surface area contributed by atoms with E-state index in [2.05, 4.69) is 19.1 Å². The zero-order chi connectivity index (χ0) is 24.4. The van der Waals surface area contributed by atoms with Gasteiger partial charge in [0.2, 0.25) is 0 Å². The van der Waals surface area contributed by atoms with Gasteiger partial charge >= 0.3 is 5.97 Å². The molecule has 0 radical (unpaired) electrons. The monoisotopic (exact) mass is 472 g/mol. The highest BCUT2D eigenvalue weighted by molar-refractivity contribution is 5.69. The van der Waals surface area contributed by atoms with Crippen molar-refractivity contribution in [3.8, 4) is 0 Å². The van der Waals surface area contributed by atoms with Crippen LogP contribution in [-0.2, 0) is 16.0 Å². The van der Waals surface area contributed by atoms with E-state index in [9.17, 15) is 4.79 Å². The summed E-state index contributed by atoms with van der Waals surface area (Å²) in [5.74, 6) is -0.0336. The first-order valence-corrected chi connectivity index (χ1v) is 15.0. The van der Waals surface area contributed by atoms with Gasteiger partial charge in [0.15, 0.2) is 0 Å². The highest BCUT2D eigenvalue weighted by atomic mass is 16.5. The van der Waals surface area contributed by atoms with Crippen molar-refractivity contribution >= 4 is 5.97 Å². The summed E-state index contributed by atoms with van der Waals surface area (Å²) in [5, 5.41) is 0. The molecule has 1 aromatic rings. The fourth-order valence-electron chi connectivity index (χ4n) is 4.70. The van der Waals surface area contributed by atoms with Gasteiger partial charge in [0.1, 0.15) is 0 Å². The molecule has 0 aliphatic carbocycles. The number of unbranched alkanes of at least 4 members (excludes halogenated alkanes) is 20. The zero-order valence-corrected chi connectivity index (χ0v) is 22.7. The number of rotatable bonds is 25. The van der Waals surface area contributed by atoms with Crippen LogP contribution in [0.2, 0.25) is 0 Å². The van der Waals surface area contributed by atoms with E-state index in [-0.39, 0.29) is 5.97 Å². The average molecular weight is 473 g/mol. The molecule has 0 saturated carbocycles. The van der Waals surface area contributed by atoms with E-state index in [1.54, 1.807) is 0 Å². The van der Waals surface area contributed by atoms with Crippen LogP contribution in [0.25, 0.3) is 0 Å². The lowest BCUT2D eigenvalue weighted by Crippen LogP contribution is -2.07. The Labute approximate surface area is 212 Å². The van der Waals surface area contributed by atoms with E-state index < -0.39 is 0 Å². The van der Waals surface area contributed by atoms with E-state index >= 15 is 0 Å². The van der Waals surface area contributed by atoms with Crippen molar-refractivity contribution in [1.82, 2.24) is 0 Å². The summed E-state index contributed by atoms with van der Waals surface area (Å²) >= 11 is 0. The standard InChI is InChI=1S/C32H56O2/c1-2-3-4-5-6-7-8-9-10-11-12-13-14-15-16-17-18-19-20-21-25-28-32(33)34-30-29-31-26-23-22-24-27-31/h22-24,26-27H,2-21,25,28-30H2,1H3. The summed E-state index contributed by atoms with van der Waals surface area (Å²) in [4.78, 5) is 11.8. The van der Waals surface area contributed by atoms with Gasteiger partial charge in [-0.2, -0.15) is 0 Å². The van der Waals surface area contributed by atoms with Gasteiger partial charge in [-0.3, -0.25) is 4.79 Å². The number of carbonyl (C=O) groups is 1. The Balaban J connectivity index is 1.70. The second-order valence-electron chi connectivity index (χ2n) is 10.3. The molecule has 0 atom stereocenters. The largest absolute Gasteiger partial charge is 0.465 e. The molecule has 0 saturated heterocycles. The minimum absolute atomic E-state index is 0.0336. The van der Waals surface area contributed by atoms with E-state index in [1.165, 1.54) is 128 Å². The molecule has 0 heterocycles. The van der Waals surface area contributed by atoms with Crippen LogP contribution in [0.15, 0.2) is 30.3 Å². The maximum atomic E-state index is 11.8. The highest BCUT2D eigenvalue weighted by Gasteiger charge is 2.03. The van der Waals surface area contributed by atoms with Gasteiger partial charge in [0.25, 0.3) is 0 Å². The Hall–Kier alpha value is -1.31. The van der Waals surface area contributed by atoms with Crippen LogP contribution >= 0.6 is 0 Å². The summed E-state index contributed by atoms with van der Waals surface area (Å²) in [6.07, 6.45) is 30.5. The maximum Gasteiger partial charge on any atom is 0.305 e. The molecule has 0 aliphatic rings. The van der Waals surface area contributed by atoms with Crippen molar-refractivity contribution < 1.29 is 9.53 Å². The molecule has 1 rings (SSSR count). The summed E-state index contributed by atoms with van der Waals surface area (Å²) < 4.78 is 5.35. The van der Waals surface area contributed by atoms with E-state index in [4.69, 9.17) is 4.74 Å². The second-order valence-corrected chi connectivity index (χ2v) is 10.3. The van der Waals surface area contributed by atoms with Gasteiger partial charge in [-0.25, -0.2) is 0 Å². The fourth-order valence-corrected chi connectivity index (χ4v) is 4.70. The Morgan fingerprint density at radius 3 is 1.35 bits per heavy atom. The van der Waals surface area contributed by atoms with Gasteiger partial charge < -0.3 is 4.74 Å². The quantitative estimate of drug-likeness (QED) is 0.104. The molecule has 1 aromatic carbocycles. The first-order valence-electron chi connectivity index (χ1n) is 15.0. The molecule has 196 valence electrons. The van der Waals surface area contributed by atoms with Crippen LogP contribution < -0.4 is 0 Å². The summed E-state index contributed by atoms with van der Waals surface area (Å²) in [7, 11) is 0. The van der Waals surface area contributed by atoms with Crippen molar-refractivity contribution in [2.75, 3.05) is 6.61 Å². The molecule has 2 heteroatoms. The van der Waals surface area contributed by atoms with E-state index in [0.29, 0.717) is 13.0 Å². The van der Waals surface area contributed by atoms with Crippen LogP contribution in [-0.4, -0.2) is 12.6 Å². The van der Waals surface area contributed by atoms with Crippen molar-refractivity contribution in [3.63, 3.8) is 0 Å². The van der Waals surface area contributed by atoms with Crippen molar-refractivity contribution in [1.29, 1.82) is 0 Å². The van der Waals surface area contributed by atoms with E-state index in [0.717, 1.165) is 19.3 Å². The first-order chi connectivity index (χ1) is 16.8. The Morgan fingerprint density at radius 2 is 0.941 bits per heavy atom. The summed E-state index contributed by atoms with van der Waals surface area (Å²) in [5.41, 5.74) is 1.23. The molecule has 34 heavy (non-hydrogen) atoms. The highest BCUT2D eigenvalue weighted by Crippen LogP contribution is 2.15. The molecule has 0 amide bonds. The van der Waals surface area contributed by atoms with Gasteiger partial charge in [0.05, 0.1) is 6.61 Å². The number of benzene rings is 1. The Kier molecular flexibility index (Phi) is 22.4. The topological polar surface area (TPSA) is 26.3 Å². The fraction of sp³-hybridized carbons (Fsp3) is 0.781. The van der Waals surface area contributed by atoms with Crippen LogP contribution in [0.4, 0.5) is 0 Å². The third kappa shape index (κ3) is 21.2. The predicted octanol–water partition coefficient (Wildman–Crippen LogP) is 10.4. The molecule has 0 N–H and O–H groups in total. The maximum absolute atomic E-state index is 11.8. The lowest BCUT2D eigenvalue weighted by atomic mass is 10.0. The molecular formula is C32H56O2. The van der Waals surface area contributed by atoms with Crippen LogP contribution in [0.3, 0.4) is 0 Å². The predicted molar refractivity (Wildman–Crippen MR) is 148 cm³/mol. The zero-order valence-electron chi connectivity index (χ0n) is 22.7. The van der Waals surface area contributed by atoms with Crippen molar-refractivity contribution in [2.24, 2.45) is 0 Å². The molecule has 0 aliphatic heterocycles. The van der Waals surface area contributed by atoms with Crippen LogP contribution in [0.1, 0.15) is 154 Å². The van der Waals surface area contributed by atoms with Gasteiger partial charge in [0, 0.05) is 12.8 Å². The van der Waals surface area contributed by atoms with Gasteiger partial charge in [-0.05, 0) is 12.0 Å². The van der Waals surface area contributed by atoms with Crippen LogP contribution in [0.5, 0.6) is 0 Å². The molecular weight excluding hydrogens is 416 g/mol. The van der Waals surface area contributed by atoms with E-state index in [1.807, 2.05) is 18.2 Å². The lowest BCUT2D eigenvalue weighted by Gasteiger charge is -2.05. The minimum Gasteiger partial charge on any atom is -0.465 e. The third-order valence-electron chi connectivity index (χ3n) is 6.98. The average Bonchev–Trinajstić information content (AvgIpc) is 2.85. The molecule has 0 unspecified atom stereocenters. The normalized spacial score (nSPS) is 11.1. The number of carbonyl (C=O) groups excluding carboxylic acids is 1. The summed E-state index contributed by atoms with van der Waals surface area (Å²) in [6.45, 7) is 2.80. The van der Waals surface area contributed by atoms with Gasteiger partial charge in [-0.1, -0.05) is 166 Å². The SMILES string of the molecule is CCCCCCCCCCCCCCCCCCCCCCCC(=O)OCCc1ccccc1. The van der Waals surface area contributed by atoms with Crippen LogP contribution in [0, 0.1) is 0 Å². The van der Waals surface area contributed by atoms with Crippen molar-refractivity contribution in [2.45, 2.75) is 155 Å². The smallest absolute Gasteiger partial charge is 0.305 e. The summed E-state index contributed by atoms with van der Waals surface area (Å²) in [6, 6.07) is 10.2. The lowest BCUT2D eigenvalue weighted by molar-refractivity contribution is -0.143. The molecule has 0 fully saturated rings. The molecule has 0 spiro atoms. The number of ether oxygens (including phenoxy) is 1. The van der Waals surface area contributed by atoms with Gasteiger partial charge in [-0.15, -0.1) is 0 Å². The molecule has 0 bridgehead atoms. The minimum atomic E-state index is -0.0336. The molecule has 2 nitrogen and oxygen atoms in total. The van der Waals surface area contributed by atoms with Crippen molar-refractivity contribution in [3.05, 3.63) is 35.9 Å².